The van der Waals surface area contributed by atoms with Crippen LogP contribution in [0, 0.1) is 17.3 Å². The lowest BCUT2D eigenvalue weighted by Gasteiger charge is -2.36. The van der Waals surface area contributed by atoms with Gasteiger partial charge in [-0.25, -0.2) is 0 Å². The van der Waals surface area contributed by atoms with Gasteiger partial charge in [0, 0.05) is 0 Å². The summed E-state index contributed by atoms with van der Waals surface area (Å²) in [4.78, 5) is 0. The van der Waals surface area contributed by atoms with E-state index < -0.39 is 0 Å². The summed E-state index contributed by atoms with van der Waals surface area (Å²) in [6, 6.07) is 9.44. The van der Waals surface area contributed by atoms with Crippen molar-refractivity contribution in [1.82, 2.24) is 0 Å². The first kappa shape index (κ1) is 42.3. The molecule has 49 heavy (non-hydrogen) atoms. The lowest BCUT2D eigenvalue weighted by molar-refractivity contribution is 0.215. The number of allylic oxidation sites excluding steroid dienone is 14. The van der Waals surface area contributed by atoms with Crippen molar-refractivity contribution in [2.45, 2.75) is 159 Å². The molecule has 1 saturated carbocycles. The largest absolute Gasteiger partial charge is 0.0961 e. The first-order chi connectivity index (χ1) is 23.2. The molecule has 1 aromatic carbocycles. The molecule has 0 N–H and O–H groups in total. The molecule has 0 spiro atoms. The van der Waals surface area contributed by atoms with E-state index in [4.69, 9.17) is 0 Å². The molecule has 0 amide bonds. The van der Waals surface area contributed by atoms with Crippen LogP contribution in [-0.4, -0.2) is 0 Å². The Morgan fingerprint density at radius 3 is 2.14 bits per heavy atom. The lowest BCUT2D eigenvalue weighted by Crippen LogP contribution is -2.24. The van der Waals surface area contributed by atoms with E-state index in [1.165, 1.54) is 108 Å². The van der Waals surface area contributed by atoms with E-state index in [0.29, 0.717) is 17.3 Å². The van der Waals surface area contributed by atoms with E-state index in [0.717, 1.165) is 30.8 Å². The minimum atomic E-state index is 0.324. The smallest absolute Gasteiger partial charge is 0.0121 e. The van der Waals surface area contributed by atoms with Gasteiger partial charge in [-0.05, 0) is 136 Å². The van der Waals surface area contributed by atoms with Gasteiger partial charge in [-0.1, -0.05) is 170 Å². The Labute approximate surface area is 305 Å². The van der Waals surface area contributed by atoms with Gasteiger partial charge in [-0.2, -0.15) is 0 Å². The number of rotatable bonds is 18. The van der Waals surface area contributed by atoms with Gasteiger partial charge in [0.2, 0.25) is 0 Å². The van der Waals surface area contributed by atoms with E-state index >= 15 is 0 Å². The number of hydrogen-bond donors (Lipinski definition) is 0. The van der Waals surface area contributed by atoms with Crippen molar-refractivity contribution < 1.29 is 0 Å². The summed E-state index contributed by atoms with van der Waals surface area (Å²) in [6.07, 6.45) is 29.0. The fraction of sp³-hybridized carbons (Fsp3) is 0.551. The monoisotopic (exact) mass is 663 g/mol. The molecule has 1 aliphatic rings. The highest BCUT2D eigenvalue weighted by molar-refractivity contribution is 5.74. The Morgan fingerprint density at radius 1 is 0.898 bits per heavy atom. The van der Waals surface area contributed by atoms with Crippen molar-refractivity contribution in [3.8, 4) is 0 Å². The average molecular weight is 663 g/mol. The van der Waals surface area contributed by atoms with Crippen LogP contribution in [0.5, 0.6) is 0 Å². The summed E-state index contributed by atoms with van der Waals surface area (Å²) in [5, 5.41) is 0. The van der Waals surface area contributed by atoms with Crippen LogP contribution in [0.15, 0.2) is 113 Å². The van der Waals surface area contributed by atoms with Crippen molar-refractivity contribution in [2.24, 2.45) is 17.3 Å². The first-order valence-corrected chi connectivity index (χ1v) is 19.7. The Balaban J connectivity index is 2.37. The lowest BCUT2D eigenvalue weighted by atomic mass is 9.69. The highest BCUT2D eigenvalue weighted by Gasteiger charge is 2.29. The van der Waals surface area contributed by atoms with Gasteiger partial charge in [0.15, 0.2) is 0 Å². The minimum Gasteiger partial charge on any atom is -0.0961 e. The fourth-order valence-electron chi connectivity index (χ4n) is 7.19. The SMILES string of the molecule is C=C(C)/C=C\C(=C/C)c1ccc([C@@H](CC[C@@H](C)CCCCCCC)CC(=C\C)/C(C)=C/C(/C=C2/CC(C(C)(C)C)CCC2=C)=C(C)C)cc1. The van der Waals surface area contributed by atoms with E-state index in [1.807, 2.05) is 6.92 Å². The van der Waals surface area contributed by atoms with Crippen molar-refractivity contribution >= 4 is 5.57 Å². The van der Waals surface area contributed by atoms with Crippen LogP contribution >= 0.6 is 0 Å². The summed E-state index contributed by atoms with van der Waals surface area (Å²) in [5.74, 6) is 1.96. The first-order valence-electron chi connectivity index (χ1n) is 19.7. The summed E-state index contributed by atoms with van der Waals surface area (Å²) >= 11 is 0. The summed E-state index contributed by atoms with van der Waals surface area (Å²) in [6.45, 7) is 33.8. The molecule has 2 rings (SSSR count). The molecule has 1 unspecified atom stereocenters. The van der Waals surface area contributed by atoms with Crippen LogP contribution in [0.4, 0.5) is 0 Å². The van der Waals surface area contributed by atoms with Gasteiger partial charge in [-0.3, -0.25) is 0 Å². The Kier molecular flexibility index (Phi) is 18.5. The Bertz CT molecular complexity index is 1380. The van der Waals surface area contributed by atoms with Gasteiger partial charge in [-0.15, -0.1) is 0 Å². The van der Waals surface area contributed by atoms with Gasteiger partial charge >= 0.3 is 0 Å². The Morgan fingerprint density at radius 2 is 1.57 bits per heavy atom. The molecule has 0 saturated heterocycles. The van der Waals surface area contributed by atoms with Crippen LogP contribution in [0.2, 0.25) is 0 Å². The van der Waals surface area contributed by atoms with Crippen LogP contribution in [0.3, 0.4) is 0 Å². The molecule has 0 aliphatic heterocycles. The van der Waals surface area contributed by atoms with Gasteiger partial charge < -0.3 is 0 Å². The molecule has 1 aliphatic carbocycles. The van der Waals surface area contributed by atoms with Crippen molar-refractivity contribution in [1.29, 1.82) is 0 Å². The van der Waals surface area contributed by atoms with Crippen LogP contribution < -0.4 is 0 Å². The van der Waals surface area contributed by atoms with Crippen molar-refractivity contribution in [3.05, 3.63) is 124 Å². The third-order valence-electron chi connectivity index (χ3n) is 10.9. The number of benzene rings is 1. The molecular formula is C49H74. The van der Waals surface area contributed by atoms with Crippen molar-refractivity contribution in [3.63, 3.8) is 0 Å². The maximum atomic E-state index is 4.50. The maximum Gasteiger partial charge on any atom is -0.0121 e. The zero-order valence-electron chi connectivity index (χ0n) is 33.9. The van der Waals surface area contributed by atoms with E-state index in [2.05, 4.69) is 143 Å². The second-order valence-electron chi connectivity index (χ2n) is 16.5. The molecule has 0 bridgehead atoms. The van der Waals surface area contributed by atoms with Gasteiger partial charge in [0.1, 0.15) is 0 Å². The second kappa shape index (κ2) is 21.4. The maximum absolute atomic E-state index is 4.50. The molecule has 1 fully saturated rings. The quantitative estimate of drug-likeness (QED) is 0.108. The molecule has 0 heteroatoms. The van der Waals surface area contributed by atoms with E-state index in [-0.39, 0.29) is 0 Å². The van der Waals surface area contributed by atoms with Gasteiger partial charge in [0.05, 0.1) is 0 Å². The molecular weight excluding hydrogens is 589 g/mol. The molecule has 3 atom stereocenters. The standard InChI is InChI=1S/C49H74/c1-14-17-18-19-20-21-38(8)23-26-45(44-29-27-43(28-30-44)41(15-2)25-22-36(4)5)33-42(16-3)40(10)32-46(37(6)7)34-47-35-48(49(11,12)13)31-24-39(47)9/h15-16,22,25,27-30,32,34,38,45,48H,4,9,14,17-21,23-24,26,31,33,35H2,1-3,5-8,10-13H3/b25-22-,40-32+,41-15+,42-16+,47-34-/t38-,45-,48?/m0/s1. The van der Waals surface area contributed by atoms with Crippen LogP contribution in [0.1, 0.15) is 170 Å². The number of hydrogen-bond acceptors (Lipinski definition) is 0. The third kappa shape index (κ3) is 14.9. The summed E-state index contributed by atoms with van der Waals surface area (Å²) in [7, 11) is 0. The molecule has 0 nitrogen and oxygen atoms in total. The predicted octanol–water partition coefficient (Wildman–Crippen LogP) is 16.0. The molecule has 270 valence electrons. The predicted molar refractivity (Wildman–Crippen MR) is 223 cm³/mol. The Hall–Kier alpha value is -2.86. The van der Waals surface area contributed by atoms with Crippen LogP contribution in [-0.2, 0) is 0 Å². The van der Waals surface area contributed by atoms with Gasteiger partial charge in [0.25, 0.3) is 0 Å². The minimum absolute atomic E-state index is 0.324. The topological polar surface area (TPSA) is 0 Å². The highest BCUT2D eigenvalue weighted by atomic mass is 14.3. The normalized spacial score (nSPS) is 18.7. The second-order valence-corrected chi connectivity index (χ2v) is 16.5. The summed E-state index contributed by atoms with van der Waals surface area (Å²) in [5.41, 5.74) is 13.7. The number of unbranched alkanes of at least 4 members (excludes halogenated alkanes) is 4. The van der Waals surface area contributed by atoms with Crippen LogP contribution in [0.25, 0.3) is 5.57 Å². The highest BCUT2D eigenvalue weighted by Crippen LogP contribution is 2.42. The van der Waals surface area contributed by atoms with E-state index in [9.17, 15) is 0 Å². The van der Waals surface area contributed by atoms with Crippen molar-refractivity contribution in [2.75, 3.05) is 0 Å². The third-order valence-corrected chi connectivity index (χ3v) is 10.9. The molecule has 0 aromatic heterocycles. The molecule has 0 heterocycles. The average Bonchev–Trinajstić information content (AvgIpc) is 3.05. The fourth-order valence-corrected chi connectivity index (χ4v) is 7.19. The van der Waals surface area contributed by atoms with E-state index in [1.54, 1.807) is 0 Å². The zero-order chi connectivity index (χ0) is 36.6. The molecule has 1 aromatic rings. The zero-order valence-corrected chi connectivity index (χ0v) is 33.9. The summed E-state index contributed by atoms with van der Waals surface area (Å²) < 4.78 is 0. The molecule has 0 radical (unpaired) electrons.